The van der Waals surface area contributed by atoms with Crippen LogP contribution in [0, 0.1) is 5.92 Å². The van der Waals surface area contributed by atoms with Crippen LogP contribution in [0.4, 0.5) is 0 Å². The number of hydrogen-bond acceptors (Lipinski definition) is 1. The van der Waals surface area contributed by atoms with Crippen LogP contribution in [-0.4, -0.2) is 6.61 Å². The molecular weight excluding hydrogens is 177 g/mol. The summed E-state index contributed by atoms with van der Waals surface area (Å²) in [5, 5.41) is 0. The molecule has 2 heteroatoms. The Morgan fingerprint density at radius 3 is 2.50 bits per heavy atom. The van der Waals surface area contributed by atoms with Crippen LogP contribution in [0.2, 0.25) is 0 Å². The predicted octanol–water partition coefficient (Wildman–Crippen LogP) is 2.68. The third kappa shape index (κ3) is 5.37. The SMILES string of the molecule is CCCCC(CC)C[O][Zn]. The molecule has 0 fully saturated rings. The van der Waals surface area contributed by atoms with Crippen LogP contribution < -0.4 is 0 Å². The monoisotopic (exact) mass is 193 g/mol. The second-order valence-corrected chi connectivity index (χ2v) is 3.64. The van der Waals surface area contributed by atoms with Gasteiger partial charge in [-0.3, -0.25) is 0 Å². The summed E-state index contributed by atoms with van der Waals surface area (Å²) in [5.41, 5.74) is 0. The Kier molecular flexibility index (Phi) is 8.14. The van der Waals surface area contributed by atoms with Crippen LogP contribution in [0.3, 0.4) is 0 Å². The van der Waals surface area contributed by atoms with Gasteiger partial charge in [-0.2, -0.15) is 0 Å². The van der Waals surface area contributed by atoms with Crippen molar-refractivity contribution in [3.05, 3.63) is 0 Å². The molecule has 0 radical (unpaired) electrons. The molecule has 0 aliphatic heterocycles. The van der Waals surface area contributed by atoms with Gasteiger partial charge in [-0.1, -0.05) is 0 Å². The summed E-state index contributed by atoms with van der Waals surface area (Å²) >= 11 is 0.989. The molecule has 10 heavy (non-hydrogen) atoms. The molecule has 0 aromatic carbocycles. The summed E-state index contributed by atoms with van der Waals surface area (Å²) in [4.78, 5) is 0. The second kappa shape index (κ2) is 7.69. The molecule has 0 bridgehead atoms. The second-order valence-electron chi connectivity index (χ2n) is 2.79. The van der Waals surface area contributed by atoms with E-state index in [1.807, 2.05) is 0 Å². The molecule has 0 aromatic heterocycles. The molecule has 0 aromatic rings. The normalized spacial score (nSPS) is 13.6. The summed E-state index contributed by atoms with van der Waals surface area (Å²) in [6.45, 7) is 5.49. The Bertz CT molecular complexity index is 66.3. The zero-order valence-corrected chi connectivity index (χ0v) is 10.2. The summed E-state index contributed by atoms with van der Waals surface area (Å²) in [5.74, 6) is 0.827. The standard InChI is InChI=1S/C8H17O.Zn/c1-3-5-6-8(4-2)7-9;/h8H,3-7H2,1-2H3;/q-1;+1. The zero-order chi connectivity index (χ0) is 7.82. The predicted molar refractivity (Wildman–Crippen MR) is 39.3 cm³/mol. The van der Waals surface area contributed by atoms with Crippen molar-refractivity contribution in [3.63, 3.8) is 0 Å². The van der Waals surface area contributed by atoms with Crippen LogP contribution in [0.25, 0.3) is 0 Å². The van der Waals surface area contributed by atoms with Gasteiger partial charge in [0.1, 0.15) is 0 Å². The van der Waals surface area contributed by atoms with E-state index >= 15 is 0 Å². The average molecular weight is 195 g/mol. The minimum absolute atomic E-state index is 0.827. The molecule has 1 unspecified atom stereocenters. The van der Waals surface area contributed by atoms with Crippen molar-refractivity contribution >= 4 is 0 Å². The van der Waals surface area contributed by atoms with Crippen molar-refractivity contribution in [2.75, 3.05) is 6.61 Å². The zero-order valence-electron chi connectivity index (χ0n) is 7.23. The Hall–Kier alpha value is 0.583. The van der Waals surface area contributed by atoms with E-state index in [0.717, 1.165) is 31.2 Å². The Morgan fingerprint density at radius 1 is 1.40 bits per heavy atom. The Labute approximate surface area is 74.6 Å². The Morgan fingerprint density at radius 2 is 2.10 bits per heavy atom. The van der Waals surface area contributed by atoms with Gasteiger partial charge in [0.05, 0.1) is 0 Å². The first-order valence-corrected chi connectivity index (χ1v) is 5.43. The number of hydrogen-bond donors (Lipinski definition) is 0. The first-order chi connectivity index (χ1) is 4.85. The molecular formula is C8H17OZn. The van der Waals surface area contributed by atoms with Crippen molar-refractivity contribution in [1.29, 1.82) is 0 Å². The van der Waals surface area contributed by atoms with Crippen molar-refractivity contribution in [2.24, 2.45) is 5.92 Å². The van der Waals surface area contributed by atoms with Gasteiger partial charge in [0.2, 0.25) is 0 Å². The first-order valence-electron chi connectivity index (χ1n) is 4.22. The van der Waals surface area contributed by atoms with Gasteiger partial charge in [0.15, 0.2) is 0 Å². The van der Waals surface area contributed by atoms with Gasteiger partial charge in [0, 0.05) is 0 Å². The fraction of sp³-hybridized carbons (Fsp3) is 1.00. The molecule has 0 saturated carbocycles. The van der Waals surface area contributed by atoms with E-state index in [-0.39, 0.29) is 0 Å². The van der Waals surface area contributed by atoms with E-state index in [0.29, 0.717) is 0 Å². The topological polar surface area (TPSA) is 9.23 Å². The quantitative estimate of drug-likeness (QED) is 0.591. The van der Waals surface area contributed by atoms with E-state index in [1.165, 1.54) is 25.7 Å². The van der Waals surface area contributed by atoms with Crippen LogP contribution in [0.5, 0.6) is 0 Å². The van der Waals surface area contributed by atoms with Crippen LogP contribution in [0.1, 0.15) is 39.5 Å². The molecule has 1 nitrogen and oxygen atoms in total. The molecule has 0 N–H and O–H groups in total. The van der Waals surface area contributed by atoms with Crippen molar-refractivity contribution in [3.8, 4) is 0 Å². The minimum atomic E-state index is 0.827. The van der Waals surface area contributed by atoms with Gasteiger partial charge < -0.3 is 0 Å². The van der Waals surface area contributed by atoms with E-state index < -0.39 is 0 Å². The fourth-order valence-electron chi connectivity index (χ4n) is 1.06. The molecule has 0 spiro atoms. The fourth-order valence-corrected chi connectivity index (χ4v) is 1.76. The van der Waals surface area contributed by atoms with Gasteiger partial charge in [-0.05, 0) is 0 Å². The van der Waals surface area contributed by atoms with Gasteiger partial charge in [-0.25, -0.2) is 0 Å². The van der Waals surface area contributed by atoms with E-state index in [9.17, 15) is 0 Å². The summed E-state index contributed by atoms with van der Waals surface area (Å²) < 4.78 is 5.22. The molecule has 0 aliphatic carbocycles. The van der Waals surface area contributed by atoms with E-state index in [2.05, 4.69) is 13.8 Å². The average Bonchev–Trinajstić information content (AvgIpc) is 1.98. The molecule has 57 valence electrons. The van der Waals surface area contributed by atoms with Crippen LogP contribution >= 0.6 is 0 Å². The summed E-state index contributed by atoms with van der Waals surface area (Å²) in [6, 6.07) is 0. The maximum absolute atomic E-state index is 5.22. The van der Waals surface area contributed by atoms with Gasteiger partial charge >= 0.3 is 74.3 Å². The van der Waals surface area contributed by atoms with Crippen molar-refractivity contribution < 1.29 is 22.2 Å². The number of rotatable bonds is 6. The van der Waals surface area contributed by atoms with Crippen molar-refractivity contribution in [1.82, 2.24) is 0 Å². The third-order valence-electron chi connectivity index (χ3n) is 1.90. The van der Waals surface area contributed by atoms with Crippen LogP contribution in [-0.2, 0) is 22.2 Å². The molecule has 0 amide bonds. The molecule has 0 rings (SSSR count). The summed E-state index contributed by atoms with van der Waals surface area (Å²) in [6.07, 6.45) is 5.31. The molecule has 0 heterocycles. The van der Waals surface area contributed by atoms with Gasteiger partial charge in [-0.15, -0.1) is 0 Å². The van der Waals surface area contributed by atoms with Crippen LogP contribution in [0.15, 0.2) is 0 Å². The van der Waals surface area contributed by atoms with Gasteiger partial charge in [0.25, 0.3) is 0 Å². The molecule has 0 saturated heterocycles. The summed E-state index contributed by atoms with van der Waals surface area (Å²) in [7, 11) is 0. The van der Waals surface area contributed by atoms with E-state index in [4.69, 9.17) is 3.56 Å². The maximum atomic E-state index is 5.22. The number of unbranched alkanes of at least 4 members (excludes halogenated alkanes) is 1. The van der Waals surface area contributed by atoms with Crippen molar-refractivity contribution in [2.45, 2.75) is 39.5 Å². The molecule has 1 atom stereocenters. The Balaban J connectivity index is 3.21. The van der Waals surface area contributed by atoms with E-state index in [1.54, 1.807) is 0 Å². The first kappa shape index (κ1) is 10.6. The third-order valence-corrected chi connectivity index (χ3v) is 2.39. The molecule has 0 aliphatic rings.